The fourth-order valence-electron chi connectivity index (χ4n) is 6.74. The molecule has 0 spiro atoms. The molecule has 0 atom stereocenters. The van der Waals surface area contributed by atoms with Crippen molar-refractivity contribution in [2.45, 2.75) is 25.4 Å². The molecular weight excluding hydrogens is 508 g/mol. The van der Waals surface area contributed by atoms with Gasteiger partial charge in [-0.1, -0.05) is 48.5 Å². The third kappa shape index (κ3) is 4.56. The minimum Gasteiger partial charge on any atom is -0.488 e. The molecule has 4 fully saturated rings. The van der Waals surface area contributed by atoms with Gasteiger partial charge >= 0.3 is 0 Å². The number of benzene rings is 3. The molecule has 4 aliphatic heterocycles. The minimum absolute atomic E-state index is 0.179. The van der Waals surface area contributed by atoms with Crippen LogP contribution in [0.4, 0.5) is 14.6 Å². The molecule has 0 amide bonds. The van der Waals surface area contributed by atoms with Crippen LogP contribution in [-0.2, 0) is 11.3 Å². The molecular formula is C33H34F2N3O2+. The number of hydrogen-bond acceptors (Lipinski definition) is 4. The van der Waals surface area contributed by atoms with E-state index in [-0.39, 0.29) is 5.92 Å². The Morgan fingerprint density at radius 1 is 0.875 bits per heavy atom. The van der Waals surface area contributed by atoms with Crippen molar-refractivity contribution in [3.8, 4) is 16.9 Å². The lowest BCUT2D eigenvalue weighted by molar-refractivity contribution is 0.0658. The maximum absolute atomic E-state index is 14.7. The van der Waals surface area contributed by atoms with Crippen LogP contribution >= 0.6 is 0 Å². The lowest BCUT2D eigenvalue weighted by Gasteiger charge is -2.49. The van der Waals surface area contributed by atoms with Crippen molar-refractivity contribution in [2.24, 2.45) is 0 Å². The fraction of sp³-hybridized carbons (Fsp3) is 0.364. The second-order valence-corrected chi connectivity index (χ2v) is 11.3. The lowest BCUT2D eigenvalue weighted by Crippen LogP contribution is -2.68. The summed E-state index contributed by atoms with van der Waals surface area (Å²) in [5.74, 6) is 0.329. The second kappa shape index (κ2) is 10.5. The third-order valence-electron chi connectivity index (χ3n) is 9.04. The Labute approximate surface area is 233 Å². The molecule has 0 radical (unpaired) electrons. The van der Waals surface area contributed by atoms with Crippen molar-refractivity contribution in [3.63, 3.8) is 0 Å². The van der Waals surface area contributed by atoms with Gasteiger partial charge in [-0.2, -0.15) is 4.98 Å². The molecule has 5 nitrogen and oxygen atoms in total. The summed E-state index contributed by atoms with van der Waals surface area (Å²) in [6.45, 7) is 7.95. The highest BCUT2D eigenvalue weighted by Crippen LogP contribution is 2.47. The van der Waals surface area contributed by atoms with Crippen LogP contribution < -0.4 is 9.22 Å². The first-order chi connectivity index (χ1) is 19.6. The van der Waals surface area contributed by atoms with Gasteiger partial charge in [-0.25, -0.2) is 8.78 Å². The SMILES string of the molecule is Fc1ccc(-c2c(C3CCOCC3)nc([N+]34CCN(CC3)CC4)c3c(OCc4ccccc4)cccc23)cc1F. The largest absolute Gasteiger partial charge is 0.488 e. The first-order valence-electron chi connectivity index (χ1n) is 14.4. The zero-order valence-electron chi connectivity index (χ0n) is 22.6. The summed E-state index contributed by atoms with van der Waals surface area (Å²) in [7, 11) is 0. The Kier molecular flexibility index (Phi) is 6.74. The molecule has 5 heterocycles. The summed E-state index contributed by atoms with van der Waals surface area (Å²) in [6, 6.07) is 20.5. The van der Waals surface area contributed by atoms with E-state index in [1.165, 1.54) is 12.1 Å². The van der Waals surface area contributed by atoms with Crippen molar-refractivity contribution in [1.29, 1.82) is 0 Å². The standard InChI is InChI=1S/C33H34F2N3O2/c34-27-10-9-25(21-28(27)35)30-26-7-4-8-29(40-22-23-5-2-1-3-6-23)31(26)33(36-32(30)24-11-19-39-20-12-24)38-16-13-37(14-17-38)15-18-38/h1-10,21,24H,11-20,22H2/q+1. The van der Waals surface area contributed by atoms with E-state index >= 15 is 0 Å². The van der Waals surface area contributed by atoms with Gasteiger partial charge in [0, 0.05) is 49.7 Å². The summed E-state index contributed by atoms with van der Waals surface area (Å²) < 4.78 is 41.8. The number of quaternary nitrogens is 1. The van der Waals surface area contributed by atoms with E-state index < -0.39 is 11.6 Å². The second-order valence-electron chi connectivity index (χ2n) is 11.3. The summed E-state index contributed by atoms with van der Waals surface area (Å²) in [4.78, 5) is 8.09. The number of rotatable bonds is 6. The summed E-state index contributed by atoms with van der Waals surface area (Å²) in [6.07, 6.45) is 1.71. The average molecular weight is 543 g/mol. The van der Waals surface area contributed by atoms with E-state index in [1.807, 2.05) is 30.3 Å². The average Bonchev–Trinajstić information content (AvgIpc) is 3.02. The van der Waals surface area contributed by atoms with Crippen LogP contribution in [0.25, 0.3) is 21.9 Å². The highest BCUT2D eigenvalue weighted by atomic mass is 19.2. The zero-order valence-corrected chi connectivity index (χ0v) is 22.6. The number of pyridine rings is 1. The van der Waals surface area contributed by atoms with Crippen molar-refractivity contribution in [1.82, 2.24) is 14.4 Å². The summed E-state index contributed by atoms with van der Waals surface area (Å²) in [5, 5.41) is 1.98. The number of ether oxygens (including phenoxy) is 2. The number of halogens is 2. The van der Waals surface area contributed by atoms with Crippen LogP contribution in [0.15, 0.2) is 66.7 Å². The first kappa shape index (κ1) is 25.6. The monoisotopic (exact) mass is 542 g/mol. The van der Waals surface area contributed by atoms with Crippen LogP contribution in [0.3, 0.4) is 0 Å². The summed E-state index contributed by atoms with van der Waals surface area (Å²) in [5.41, 5.74) is 3.58. The normalized spacial score (nSPS) is 23.0. The van der Waals surface area contributed by atoms with Crippen molar-refractivity contribution < 1.29 is 18.3 Å². The van der Waals surface area contributed by atoms with Crippen LogP contribution in [0.1, 0.15) is 30.0 Å². The van der Waals surface area contributed by atoms with Gasteiger partial charge in [0.1, 0.15) is 17.7 Å². The predicted octanol–water partition coefficient (Wildman–Crippen LogP) is 6.29. The molecule has 0 N–H and O–H groups in total. The quantitative estimate of drug-likeness (QED) is 0.268. The molecule has 8 rings (SSSR count). The van der Waals surface area contributed by atoms with Crippen LogP contribution in [0, 0.1) is 11.6 Å². The topological polar surface area (TPSA) is 34.6 Å². The van der Waals surface area contributed by atoms with Crippen molar-refractivity contribution >= 4 is 16.6 Å². The van der Waals surface area contributed by atoms with Gasteiger partial charge in [-0.15, -0.1) is 0 Å². The van der Waals surface area contributed by atoms with E-state index in [0.717, 1.165) is 95.8 Å². The third-order valence-corrected chi connectivity index (χ3v) is 9.04. The molecule has 3 aromatic carbocycles. The van der Waals surface area contributed by atoms with E-state index in [1.54, 1.807) is 6.07 Å². The van der Waals surface area contributed by atoms with E-state index in [0.29, 0.717) is 25.4 Å². The smallest absolute Gasteiger partial charge is 0.239 e. The number of nitrogens with zero attached hydrogens (tertiary/aromatic N) is 3. The van der Waals surface area contributed by atoms with Gasteiger partial charge in [0.25, 0.3) is 0 Å². The van der Waals surface area contributed by atoms with Crippen LogP contribution in [-0.4, -0.2) is 62.4 Å². The van der Waals surface area contributed by atoms with Gasteiger partial charge in [0.05, 0.1) is 25.3 Å². The molecule has 4 aromatic rings. The molecule has 0 saturated carbocycles. The van der Waals surface area contributed by atoms with Gasteiger partial charge < -0.3 is 9.47 Å². The van der Waals surface area contributed by atoms with Gasteiger partial charge in [0.2, 0.25) is 5.82 Å². The number of aromatic nitrogens is 1. The Balaban J connectivity index is 1.48. The predicted molar refractivity (Wildman–Crippen MR) is 153 cm³/mol. The molecule has 0 unspecified atom stereocenters. The maximum atomic E-state index is 14.7. The zero-order chi connectivity index (χ0) is 27.1. The van der Waals surface area contributed by atoms with Crippen molar-refractivity contribution in [3.05, 3.63) is 89.6 Å². The molecule has 2 bridgehead atoms. The Morgan fingerprint density at radius 3 is 2.35 bits per heavy atom. The Bertz CT molecular complexity index is 1520. The highest BCUT2D eigenvalue weighted by molar-refractivity contribution is 6.06. The fourth-order valence-corrected chi connectivity index (χ4v) is 6.74. The molecule has 4 aliphatic rings. The van der Waals surface area contributed by atoms with E-state index in [4.69, 9.17) is 14.5 Å². The van der Waals surface area contributed by atoms with Gasteiger partial charge in [-0.05, 0) is 42.2 Å². The van der Waals surface area contributed by atoms with Crippen molar-refractivity contribution in [2.75, 3.05) is 52.5 Å². The molecule has 206 valence electrons. The van der Waals surface area contributed by atoms with E-state index in [2.05, 4.69) is 23.1 Å². The number of piperazine rings is 3. The minimum atomic E-state index is -0.849. The highest BCUT2D eigenvalue weighted by Gasteiger charge is 2.44. The number of hydrogen-bond donors (Lipinski definition) is 0. The van der Waals surface area contributed by atoms with Crippen LogP contribution in [0.5, 0.6) is 5.75 Å². The van der Waals surface area contributed by atoms with Gasteiger partial charge in [0.15, 0.2) is 11.6 Å². The van der Waals surface area contributed by atoms with Gasteiger partial charge in [-0.3, -0.25) is 9.38 Å². The summed E-state index contributed by atoms with van der Waals surface area (Å²) >= 11 is 0. The molecule has 4 saturated heterocycles. The first-order valence-corrected chi connectivity index (χ1v) is 14.4. The molecule has 0 aliphatic carbocycles. The molecule has 1 aromatic heterocycles. The molecule has 40 heavy (non-hydrogen) atoms. The van der Waals surface area contributed by atoms with Crippen LogP contribution in [0.2, 0.25) is 0 Å². The number of fused-ring (bicyclic) bond motifs is 4. The maximum Gasteiger partial charge on any atom is 0.239 e. The molecule has 7 heteroatoms. The Morgan fingerprint density at radius 2 is 1.62 bits per heavy atom. The lowest BCUT2D eigenvalue weighted by atomic mass is 9.86. The Hall–Kier alpha value is -3.39. The van der Waals surface area contributed by atoms with E-state index in [9.17, 15) is 8.78 Å².